The number of aromatic nitrogens is 4. The first kappa shape index (κ1) is 22.0. The van der Waals surface area contributed by atoms with E-state index in [0.717, 1.165) is 57.3 Å². The van der Waals surface area contributed by atoms with Crippen LogP contribution in [-0.2, 0) is 17.5 Å². The lowest BCUT2D eigenvalue weighted by molar-refractivity contribution is -0.137. The minimum Gasteiger partial charge on any atom is -0.376 e. The average Bonchev–Trinajstić information content (AvgIpc) is 3.44. The maximum absolute atomic E-state index is 13.1. The first-order chi connectivity index (χ1) is 15.0. The Bertz CT molecular complexity index is 844. The van der Waals surface area contributed by atoms with Crippen LogP contribution in [0.2, 0.25) is 0 Å². The number of piperazine rings is 1. The van der Waals surface area contributed by atoms with E-state index in [1.807, 2.05) is 9.58 Å². The van der Waals surface area contributed by atoms with Crippen LogP contribution < -0.4 is 4.90 Å². The fourth-order valence-corrected chi connectivity index (χ4v) is 4.48. The van der Waals surface area contributed by atoms with Crippen LogP contribution in [0.4, 0.5) is 18.9 Å². The molecule has 31 heavy (non-hydrogen) atoms. The van der Waals surface area contributed by atoms with Gasteiger partial charge in [-0.15, -0.1) is 5.10 Å². The summed E-state index contributed by atoms with van der Waals surface area (Å²) in [7, 11) is 0. The molecule has 1 aromatic heterocycles. The van der Waals surface area contributed by atoms with E-state index in [2.05, 4.69) is 27.3 Å². The number of tetrazole rings is 1. The van der Waals surface area contributed by atoms with Gasteiger partial charge >= 0.3 is 6.18 Å². The van der Waals surface area contributed by atoms with Crippen LogP contribution in [0, 0.1) is 0 Å². The third-order valence-corrected chi connectivity index (χ3v) is 6.11. The van der Waals surface area contributed by atoms with Crippen molar-refractivity contribution in [1.29, 1.82) is 0 Å². The molecule has 0 N–H and O–H groups in total. The van der Waals surface area contributed by atoms with Crippen molar-refractivity contribution >= 4 is 5.69 Å². The van der Waals surface area contributed by atoms with E-state index in [1.54, 1.807) is 6.07 Å². The van der Waals surface area contributed by atoms with Gasteiger partial charge in [0.05, 0.1) is 24.3 Å². The first-order valence-electron chi connectivity index (χ1n) is 11.0. The quantitative estimate of drug-likeness (QED) is 0.659. The summed E-state index contributed by atoms with van der Waals surface area (Å²) in [6, 6.07) is 5.66. The van der Waals surface area contributed by atoms with Gasteiger partial charge in [-0.25, -0.2) is 4.68 Å². The number of nitrogens with zero attached hydrogens (tertiary/aromatic N) is 6. The fourth-order valence-electron chi connectivity index (χ4n) is 4.48. The predicted octanol–water partition coefficient (Wildman–Crippen LogP) is 3.53. The molecule has 0 saturated carbocycles. The summed E-state index contributed by atoms with van der Waals surface area (Å²) in [4.78, 5) is 4.37. The Morgan fingerprint density at radius 2 is 2.00 bits per heavy atom. The number of benzene rings is 1. The lowest BCUT2D eigenvalue weighted by Gasteiger charge is -2.40. The Kier molecular flexibility index (Phi) is 6.76. The van der Waals surface area contributed by atoms with Crippen molar-refractivity contribution in [1.82, 2.24) is 25.1 Å². The van der Waals surface area contributed by atoms with E-state index in [-0.39, 0.29) is 12.1 Å². The van der Waals surface area contributed by atoms with E-state index in [4.69, 9.17) is 4.74 Å². The molecule has 0 unspecified atom stereocenters. The number of rotatable bonds is 7. The first-order valence-corrected chi connectivity index (χ1v) is 11.0. The lowest BCUT2D eigenvalue weighted by atomic mass is 10.1. The smallest absolute Gasteiger partial charge is 0.376 e. The van der Waals surface area contributed by atoms with Crippen LogP contribution in [0.3, 0.4) is 0 Å². The molecule has 2 saturated heterocycles. The van der Waals surface area contributed by atoms with Crippen molar-refractivity contribution in [2.75, 3.05) is 37.7 Å². The highest BCUT2D eigenvalue weighted by molar-refractivity contribution is 5.49. The number of hydrogen-bond acceptors (Lipinski definition) is 6. The monoisotopic (exact) mass is 438 g/mol. The average molecular weight is 438 g/mol. The largest absolute Gasteiger partial charge is 0.416 e. The summed E-state index contributed by atoms with van der Waals surface area (Å²) in [5.74, 6) is 0.852. The van der Waals surface area contributed by atoms with Gasteiger partial charge in [-0.2, -0.15) is 13.2 Å². The molecule has 3 heterocycles. The van der Waals surface area contributed by atoms with Gasteiger partial charge in [0.25, 0.3) is 0 Å². The van der Waals surface area contributed by atoms with Gasteiger partial charge in [-0.3, -0.25) is 4.90 Å². The Balaban J connectivity index is 1.43. The van der Waals surface area contributed by atoms with Gasteiger partial charge in [0.1, 0.15) is 0 Å². The maximum atomic E-state index is 13.1. The van der Waals surface area contributed by atoms with Crippen LogP contribution in [0.25, 0.3) is 0 Å². The van der Waals surface area contributed by atoms with Crippen molar-refractivity contribution in [2.45, 2.75) is 57.5 Å². The van der Waals surface area contributed by atoms with Crippen molar-refractivity contribution in [2.24, 2.45) is 0 Å². The highest BCUT2D eigenvalue weighted by Gasteiger charge is 2.32. The number of hydrogen-bond donors (Lipinski definition) is 0. The van der Waals surface area contributed by atoms with Gasteiger partial charge < -0.3 is 9.64 Å². The lowest BCUT2D eigenvalue weighted by Crippen LogP contribution is -2.48. The van der Waals surface area contributed by atoms with Crippen molar-refractivity contribution < 1.29 is 17.9 Å². The second-order valence-electron chi connectivity index (χ2n) is 8.23. The third kappa shape index (κ3) is 5.17. The van der Waals surface area contributed by atoms with Crippen molar-refractivity contribution in [3.05, 3.63) is 35.7 Å². The zero-order valence-corrected chi connectivity index (χ0v) is 17.8. The topological polar surface area (TPSA) is 59.3 Å². The van der Waals surface area contributed by atoms with E-state index < -0.39 is 11.7 Å². The van der Waals surface area contributed by atoms with Crippen LogP contribution in [-0.4, -0.2) is 64.0 Å². The third-order valence-electron chi connectivity index (χ3n) is 6.11. The minimum absolute atomic E-state index is 0.0880. The SMILES string of the molecule is CCC[C@@H](c1nnnn1C[C@@H]1CCCO1)N1CCN(c2cccc(C(F)(F)F)c2)CC1. The van der Waals surface area contributed by atoms with Crippen molar-refractivity contribution in [3.8, 4) is 0 Å². The minimum atomic E-state index is -4.33. The number of halogens is 3. The molecule has 0 bridgehead atoms. The second kappa shape index (κ2) is 9.52. The molecule has 1 aromatic carbocycles. The zero-order chi connectivity index (χ0) is 21.8. The molecule has 2 aliphatic heterocycles. The molecular formula is C21H29F3N6O. The zero-order valence-electron chi connectivity index (χ0n) is 17.8. The summed E-state index contributed by atoms with van der Waals surface area (Å²) >= 11 is 0. The molecule has 0 spiro atoms. The van der Waals surface area contributed by atoms with E-state index in [1.165, 1.54) is 12.1 Å². The summed E-state index contributed by atoms with van der Waals surface area (Å²) in [5.41, 5.74) is 0.00864. The standard InChI is InChI=1S/C21H29F3N6O/c1-2-5-19(20-25-26-27-30(20)15-18-8-4-13-31-18)29-11-9-28(10-12-29)17-7-3-6-16(14-17)21(22,23)24/h3,6-7,14,18-19H,2,4-5,8-13,15H2,1H3/t18-,19-/m0/s1. The van der Waals surface area contributed by atoms with Crippen LogP contribution >= 0.6 is 0 Å². The van der Waals surface area contributed by atoms with E-state index in [0.29, 0.717) is 25.3 Å². The molecule has 7 nitrogen and oxygen atoms in total. The number of anilines is 1. The fraction of sp³-hybridized carbons (Fsp3) is 0.667. The molecule has 170 valence electrons. The van der Waals surface area contributed by atoms with E-state index >= 15 is 0 Å². The van der Waals surface area contributed by atoms with Gasteiger partial charge in [0.15, 0.2) is 5.82 Å². The number of alkyl halides is 3. The van der Waals surface area contributed by atoms with Crippen molar-refractivity contribution in [3.63, 3.8) is 0 Å². The van der Waals surface area contributed by atoms with Gasteiger partial charge in [0.2, 0.25) is 0 Å². The molecule has 0 aliphatic carbocycles. The maximum Gasteiger partial charge on any atom is 0.416 e. The normalized spacial score (nSPS) is 21.5. The van der Waals surface area contributed by atoms with E-state index in [9.17, 15) is 13.2 Å². The number of ether oxygens (including phenoxy) is 1. The van der Waals surface area contributed by atoms with Gasteiger partial charge in [0, 0.05) is 38.5 Å². The summed E-state index contributed by atoms with van der Waals surface area (Å²) < 4.78 is 46.8. The Morgan fingerprint density at radius 1 is 1.19 bits per heavy atom. The summed E-state index contributed by atoms with van der Waals surface area (Å²) in [6.45, 7) is 6.40. The Morgan fingerprint density at radius 3 is 2.68 bits per heavy atom. The molecule has 2 atom stereocenters. The highest BCUT2D eigenvalue weighted by atomic mass is 19.4. The van der Waals surface area contributed by atoms with Crippen LogP contribution in [0.1, 0.15) is 50.0 Å². The molecule has 2 aliphatic rings. The molecule has 10 heteroatoms. The summed E-state index contributed by atoms with van der Waals surface area (Å²) in [5, 5.41) is 12.5. The Hall–Kier alpha value is -2.20. The van der Waals surface area contributed by atoms with Gasteiger partial charge in [-0.1, -0.05) is 19.4 Å². The van der Waals surface area contributed by atoms with Crippen LogP contribution in [0.5, 0.6) is 0 Å². The molecule has 0 amide bonds. The van der Waals surface area contributed by atoms with Gasteiger partial charge in [-0.05, 0) is 47.9 Å². The Labute approximate surface area is 180 Å². The predicted molar refractivity (Wildman–Crippen MR) is 110 cm³/mol. The molecule has 4 rings (SSSR count). The molecule has 0 radical (unpaired) electrons. The summed E-state index contributed by atoms with van der Waals surface area (Å²) in [6.07, 6.45) is -0.168. The molecular weight excluding hydrogens is 409 g/mol. The molecule has 2 aromatic rings. The molecule has 2 fully saturated rings. The second-order valence-corrected chi connectivity index (χ2v) is 8.23. The highest BCUT2D eigenvalue weighted by Crippen LogP contribution is 2.33. The van der Waals surface area contributed by atoms with Crippen LogP contribution in [0.15, 0.2) is 24.3 Å².